The van der Waals surface area contributed by atoms with Crippen molar-refractivity contribution in [1.82, 2.24) is 25.5 Å². The van der Waals surface area contributed by atoms with Crippen molar-refractivity contribution < 1.29 is 27.5 Å². The van der Waals surface area contributed by atoms with Crippen LogP contribution in [0.15, 0.2) is 48.5 Å². The van der Waals surface area contributed by atoms with Crippen molar-refractivity contribution in [3.05, 3.63) is 59.7 Å². The van der Waals surface area contributed by atoms with Gasteiger partial charge in [-0.25, -0.2) is 0 Å². The van der Waals surface area contributed by atoms with E-state index >= 15 is 0 Å². The maximum absolute atomic E-state index is 12.6. The van der Waals surface area contributed by atoms with E-state index < -0.39 is 11.7 Å². The minimum atomic E-state index is -4.43. The summed E-state index contributed by atoms with van der Waals surface area (Å²) in [5.74, 6) is 0.256. The highest BCUT2D eigenvalue weighted by atomic mass is 19.4. The first-order chi connectivity index (χ1) is 14.7. The fourth-order valence-electron chi connectivity index (χ4n) is 2.56. The van der Waals surface area contributed by atoms with Crippen LogP contribution in [0.25, 0.3) is 11.4 Å². The summed E-state index contributed by atoms with van der Waals surface area (Å²) >= 11 is 0. The highest BCUT2D eigenvalue weighted by molar-refractivity contribution is 5.94. The van der Waals surface area contributed by atoms with Crippen LogP contribution in [0, 0.1) is 0 Å². The predicted molar refractivity (Wildman–Crippen MR) is 103 cm³/mol. The normalized spacial score (nSPS) is 11.2. The lowest BCUT2D eigenvalue weighted by Crippen LogP contribution is -2.31. The fourth-order valence-corrected chi connectivity index (χ4v) is 2.56. The molecule has 162 valence electrons. The number of alkyl halides is 3. The number of tetrazole rings is 1. The second kappa shape index (κ2) is 9.37. The van der Waals surface area contributed by atoms with Gasteiger partial charge in [0, 0.05) is 11.1 Å². The Morgan fingerprint density at radius 3 is 2.35 bits per heavy atom. The Bertz CT molecular complexity index is 1050. The third-order valence-corrected chi connectivity index (χ3v) is 4.16. The fraction of sp³-hybridized carbons (Fsp3) is 0.250. The third kappa shape index (κ3) is 6.11. The van der Waals surface area contributed by atoms with Gasteiger partial charge in [-0.1, -0.05) is 12.1 Å². The van der Waals surface area contributed by atoms with Gasteiger partial charge in [-0.05, 0) is 48.5 Å². The summed E-state index contributed by atoms with van der Waals surface area (Å²) in [5.41, 5.74) is 0.153. The molecule has 3 rings (SSSR count). The molecular formula is C20H18F3N5O3. The number of amides is 1. The van der Waals surface area contributed by atoms with Crippen molar-refractivity contribution >= 4 is 11.7 Å². The number of rotatable bonds is 8. The molecule has 31 heavy (non-hydrogen) atoms. The van der Waals surface area contributed by atoms with Crippen molar-refractivity contribution in [2.45, 2.75) is 19.6 Å². The lowest BCUT2D eigenvalue weighted by Gasteiger charge is -2.08. The molecule has 1 amide bonds. The molecule has 1 aromatic heterocycles. The largest absolute Gasteiger partial charge is 0.492 e. The number of nitrogens with one attached hydrogen (secondary N) is 1. The summed E-state index contributed by atoms with van der Waals surface area (Å²) in [4.78, 5) is 24.3. The zero-order valence-electron chi connectivity index (χ0n) is 16.4. The van der Waals surface area contributed by atoms with E-state index in [1.807, 2.05) is 0 Å². The highest BCUT2D eigenvalue weighted by Crippen LogP contribution is 2.30. The van der Waals surface area contributed by atoms with Crippen LogP contribution in [-0.4, -0.2) is 45.0 Å². The average Bonchev–Trinajstić information content (AvgIpc) is 3.19. The highest BCUT2D eigenvalue weighted by Gasteiger charge is 2.30. The molecule has 11 heteroatoms. The monoisotopic (exact) mass is 433 g/mol. The van der Waals surface area contributed by atoms with Gasteiger partial charge in [0.25, 0.3) is 0 Å². The average molecular weight is 433 g/mol. The lowest BCUT2D eigenvalue weighted by atomic mass is 10.1. The van der Waals surface area contributed by atoms with E-state index in [4.69, 9.17) is 4.74 Å². The third-order valence-electron chi connectivity index (χ3n) is 4.16. The van der Waals surface area contributed by atoms with Crippen LogP contribution in [0.5, 0.6) is 5.75 Å². The number of ketones is 1. The first-order valence-electron chi connectivity index (χ1n) is 9.18. The van der Waals surface area contributed by atoms with Crippen LogP contribution >= 0.6 is 0 Å². The molecule has 0 fully saturated rings. The Balaban J connectivity index is 1.45. The molecule has 0 unspecified atom stereocenters. The van der Waals surface area contributed by atoms with Gasteiger partial charge < -0.3 is 10.1 Å². The Morgan fingerprint density at radius 1 is 1.06 bits per heavy atom. The number of nitrogens with zero attached hydrogens (tertiary/aromatic N) is 4. The summed E-state index contributed by atoms with van der Waals surface area (Å²) in [6, 6.07) is 11.0. The number of aromatic nitrogens is 4. The van der Waals surface area contributed by atoms with Crippen LogP contribution in [0.3, 0.4) is 0 Å². The van der Waals surface area contributed by atoms with Gasteiger partial charge >= 0.3 is 6.18 Å². The number of carbonyl (C=O) groups excluding carboxylic acids is 2. The number of halogens is 3. The Morgan fingerprint density at radius 2 is 1.74 bits per heavy atom. The first-order valence-corrected chi connectivity index (χ1v) is 9.18. The number of hydrogen-bond donors (Lipinski definition) is 1. The first kappa shape index (κ1) is 21.9. The lowest BCUT2D eigenvalue weighted by molar-refractivity contribution is -0.137. The molecule has 0 aliphatic rings. The zero-order valence-corrected chi connectivity index (χ0v) is 16.4. The standard InChI is InChI=1S/C20H18F3N5O3/c1-13(29)14-4-8-17(9-5-14)31-11-10-24-18(30)12-28-26-19(25-27-28)15-2-6-16(7-3-15)20(21,22)23/h2-9H,10-12H2,1H3,(H,24,30). The van der Waals surface area contributed by atoms with E-state index in [2.05, 4.69) is 20.7 Å². The van der Waals surface area contributed by atoms with Crippen molar-refractivity contribution in [3.63, 3.8) is 0 Å². The minimum Gasteiger partial charge on any atom is -0.492 e. The zero-order chi connectivity index (χ0) is 22.4. The maximum Gasteiger partial charge on any atom is 0.416 e. The molecule has 0 radical (unpaired) electrons. The maximum atomic E-state index is 12.6. The van der Waals surface area contributed by atoms with Gasteiger partial charge in [-0.15, -0.1) is 10.2 Å². The summed E-state index contributed by atoms with van der Waals surface area (Å²) in [7, 11) is 0. The van der Waals surface area contributed by atoms with Crippen molar-refractivity contribution in [1.29, 1.82) is 0 Å². The molecule has 0 bridgehead atoms. The van der Waals surface area contributed by atoms with Gasteiger partial charge in [0.15, 0.2) is 5.78 Å². The van der Waals surface area contributed by atoms with Gasteiger partial charge in [-0.3, -0.25) is 9.59 Å². The SMILES string of the molecule is CC(=O)c1ccc(OCCNC(=O)Cn2nnc(-c3ccc(C(F)(F)F)cc3)n2)cc1. The van der Waals surface area contributed by atoms with E-state index in [1.165, 1.54) is 19.1 Å². The molecule has 8 nitrogen and oxygen atoms in total. The molecule has 2 aromatic carbocycles. The van der Waals surface area contributed by atoms with E-state index in [-0.39, 0.29) is 37.2 Å². The number of carbonyl (C=O) groups is 2. The molecule has 1 heterocycles. The molecule has 0 saturated heterocycles. The number of Topliss-reactive ketones (excluding diaryl/α,β-unsaturated/α-hetero) is 1. The van der Waals surface area contributed by atoms with Crippen LogP contribution in [0.4, 0.5) is 13.2 Å². The van der Waals surface area contributed by atoms with E-state index in [0.717, 1.165) is 16.9 Å². The van der Waals surface area contributed by atoms with E-state index in [0.29, 0.717) is 16.9 Å². The van der Waals surface area contributed by atoms with Crippen molar-refractivity contribution in [2.75, 3.05) is 13.2 Å². The van der Waals surface area contributed by atoms with Crippen LogP contribution in [0.2, 0.25) is 0 Å². The molecule has 0 aliphatic carbocycles. The summed E-state index contributed by atoms with van der Waals surface area (Å²) < 4.78 is 43.4. The summed E-state index contributed by atoms with van der Waals surface area (Å²) in [5, 5.41) is 14.1. The van der Waals surface area contributed by atoms with Crippen LogP contribution in [-0.2, 0) is 17.5 Å². The van der Waals surface area contributed by atoms with Gasteiger partial charge in [0.05, 0.1) is 12.1 Å². The Labute approximate surface area is 175 Å². The Hall–Kier alpha value is -3.76. The molecule has 3 aromatic rings. The summed E-state index contributed by atoms with van der Waals surface area (Å²) in [6.07, 6.45) is -4.43. The second-order valence-corrected chi connectivity index (χ2v) is 6.50. The van der Waals surface area contributed by atoms with Crippen molar-refractivity contribution in [2.24, 2.45) is 0 Å². The van der Waals surface area contributed by atoms with Crippen LogP contribution in [0.1, 0.15) is 22.8 Å². The molecular weight excluding hydrogens is 415 g/mol. The number of ether oxygens (including phenoxy) is 1. The molecule has 1 N–H and O–H groups in total. The van der Waals surface area contributed by atoms with Gasteiger partial charge in [0.1, 0.15) is 18.9 Å². The van der Waals surface area contributed by atoms with Crippen molar-refractivity contribution in [3.8, 4) is 17.1 Å². The second-order valence-electron chi connectivity index (χ2n) is 6.50. The quantitative estimate of drug-likeness (QED) is 0.433. The van der Waals surface area contributed by atoms with Gasteiger partial charge in [0.2, 0.25) is 11.7 Å². The predicted octanol–water partition coefficient (Wildman–Crippen LogP) is 2.76. The molecule has 0 spiro atoms. The topological polar surface area (TPSA) is 99.0 Å². The van der Waals surface area contributed by atoms with Gasteiger partial charge in [-0.2, -0.15) is 18.0 Å². The smallest absolute Gasteiger partial charge is 0.416 e. The Kier molecular flexibility index (Phi) is 6.63. The number of benzene rings is 2. The van der Waals surface area contributed by atoms with E-state index in [1.54, 1.807) is 24.3 Å². The van der Waals surface area contributed by atoms with E-state index in [9.17, 15) is 22.8 Å². The molecule has 0 atom stereocenters. The summed E-state index contributed by atoms with van der Waals surface area (Å²) in [6.45, 7) is 1.71. The number of hydrogen-bond acceptors (Lipinski definition) is 6. The van der Waals surface area contributed by atoms with Crippen LogP contribution < -0.4 is 10.1 Å². The minimum absolute atomic E-state index is 0.0398. The molecule has 0 aliphatic heterocycles. The molecule has 0 saturated carbocycles.